The number of thiophene rings is 1. The first kappa shape index (κ1) is 9.73. The number of hydrogen-bond donors (Lipinski definition) is 0. The van der Waals surface area contributed by atoms with E-state index in [9.17, 15) is 0 Å². The molecule has 0 aliphatic rings. The largest absolute Gasteiger partial charge is 0.311 e. The Morgan fingerprint density at radius 1 is 1.38 bits per heavy atom. The van der Waals surface area contributed by atoms with E-state index in [4.69, 9.17) is 0 Å². The van der Waals surface area contributed by atoms with E-state index in [1.54, 1.807) is 24.0 Å². The summed E-state index contributed by atoms with van der Waals surface area (Å²) in [4.78, 5) is 9.48. The SMILES string of the molecule is Cn1cnnc1Sc1ncnc2sccc12. The summed E-state index contributed by atoms with van der Waals surface area (Å²) in [6.45, 7) is 0. The minimum Gasteiger partial charge on any atom is -0.311 e. The maximum atomic E-state index is 4.27. The Balaban J connectivity index is 2.07. The summed E-state index contributed by atoms with van der Waals surface area (Å²) in [5, 5.41) is 12.7. The topological polar surface area (TPSA) is 56.5 Å². The average molecular weight is 249 g/mol. The number of aryl methyl sites for hydroxylation is 1. The molecule has 3 rings (SSSR count). The van der Waals surface area contributed by atoms with Crippen LogP contribution in [0, 0.1) is 0 Å². The van der Waals surface area contributed by atoms with E-state index in [-0.39, 0.29) is 0 Å². The van der Waals surface area contributed by atoms with Crippen molar-refractivity contribution in [1.29, 1.82) is 0 Å². The van der Waals surface area contributed by atoms with Crippen molar-refractivity contribution in [2.45, 2.75) is 10.2 Å². The third kappa shape index (κ3) is 1.57. The van der Waals surface area contributed by atoms with Crippen molar-refractivity contribution in [3.05, 3.63) is 24.1 Å². The minimum absolute atomic E-state index is 0.825. The Morgan fingerprint density at radius 3 is 3.12 bits per heavy atom. The number of fused-ring (bicyclic) bond motifs is 1. The number of hydrogen-bond acceptors (Lipinski definition) is 6. The van der Waals surface area contributed by atoms with E-state index < -0.39 is 0 Å². The smallest absolute Gasteiger partial charge is 0.197 e. The second-order valence-corrected chi connectivity index (χ2v) is 5.00. The zero-order chi connectivity index (χ0) is 11.0. The van der Waals surface area contributed by atoms with Gasteiger partial charge in [-0.25, -0.2) is 9.97 Å². The molecule has 80 valence electrons. The first-order valence-corrected chi connectivity index (χ1v) is 6.24. The van der Waals surface area contributed by atoms with Gasteiger partial charge in [-0.3, -0.25) is 0 Å². The molecule has 0 unspecified atom stereocenters. The second kappa shape index (κ2) is 3.84. The van der Waals surface area contributed by atoms with Gasteiger partial charge in [0.1, 0.15) is 22.5 Å². The molecule has 0 N–H and O–H groups in total. The van der Waals surface area contributed by atoms with Gasteiger partial charge in [0, 0.05) is 12.4 Å². The van der Waals surface area contributed by atoms with Crippen LogP contribution < -0.4 is 0 Å². The van der Waals surface area contributed by atoms with Crippen LogP contribution in [-0.2, 0) is 7.05 Å². The lowest BCUT2D eigenvalue weighted by atomic mass is 10.4. The number of aromatic nitrogens is 5. The molecular formula is C9H7N5S2. The van der Waals surface area contributed by atoms with Gasteiger partial charge in [-0.05, 0) is 23.2 Å². The maximum Gasteiger partial charge on any atom is 0.197 e. The summed E-state index contributed by atoms with van der Waals surface area (Å²) >= 11 is 3.11. The van der Waals surface area contributed by atoms with Gasteiger partial charge in [-0.1, -0.05) is 0 Å². The lowest BCUT2D eigenvalue weighted by molar-refractivity contribution is 0.787. The molecule has 0 atom stereocenters. The summed E-state index contributed by atoms with van der Waals surface area (Å²) < 4.78 is 1.87. The first-order valence-electron chi connectivity index (χ1n) is 4.54. The van der Waals surface area contributed by atoms with E-state index in [1.807, 2.05) is 23.1 Å². The fourth-order valence-electron chi connectivity index (χ4n) is 1.30. The molecule has 0 radical (unpaired) electrons. The van der Waals surface area contributed by atoms with Crippen LogP contribution in [-0.4, -0.2) is 24.7 Å². The van der Waals surface area contributed by atoms with Crippen LogP contribution in [0.4, 0.5) is 0 Å². The van der Waals surface area contributed by atoms with E-state index in [0.717, 1.165) is 20.4 Å². The quantitative estimate of drug-likeness (QED) is 0.650. The Hall–Kier alpha value is -1.47. The van der Waals surface area contributed by atoms with Crippen molar-refractivity contribution in [3.63, 3.8) is 0 Å². The Labute approximate surface area is 99.6 Å². The molecule has 0 aliphatic carbocycles. The van der Waals surface area contributed by atoms with E-state index in [0.29, 0.717) is 0 Å². The molecule has 0 aliphatic heterocycles. The molecule has 0 bridgehead atoms. The molecule has 0 spiro atoms. The molecule has 0 aromatic carbocycles. The summed E-state index contributed by atoms with van der Waals surface area (Å²) in [6, 6.07) is 2.03. The van der Waals surface area contributed by atoms with E-state index in [2.05, 4.69) is 20.2 Å². The van der Waals surface area contributed by atoms with Crippen molar-refractivity contribution in [1.82, 2.24) is 24.7 Å². The second-order valence-electron chi connectivity index (χ2n) is 3.14. The third-order valence-electron chi connectivity index (χ3n) is 2.08. The molecule has 0 fully saturated rings. The van der Waals surface area contributed by atoms with Crippen LogP contribution >= 0.6 is 23.1 Å². The van der Waals surface area contributed by atoms with Gasteiger partial charge < -0.3 is 4.57 Å². The summed E-state index contributed by atoms with van der Waals surface area (Å²) in [5.74, 6) is 0. The fraction of sp³-hybridized carbons (Fsp3) is 0.111. The number of nitrogens with zero attached hydrogens (tertiary/aromatic N) is 5. The van der Waals surface area contributed by atoms with Crippen LogP contribution in [0.3, 0.4) is 0 Å². The highest BCUT2D eigenvalue weighted by Gasteiger charge is 2.09. The van der Waals surface area contributed by atoms with Gasteiger partial charge in [0.2, 0.25) is 0 Å². The zero-order valence-electron chi connectivity index (χ0n) is 8.36. The van der Waals surface area contributed by atoms with Crippen molar-refractivity contribution in [3.8, 4) is 0 Å². The summed E-state index contributed by atoms with van der Waals surface area (Å²) in [6.07, 6.45) is 3.26. The van der Waals surface area contributed by atoms with Crippen LogP contribution in [0.2, 0.25) is 0 Å². The van der Waals surface area contributed by atoms with Gasteiger partial charge in [0.05, 0.1) is 0 Å². The molecular weight excluding hydrogens is 242 g/mol. The molecule has 0 amide bonds. The monoisotopic (exact) mass is 249 g/mol. The highest BCUT2D eigenvalue weighted by molar-refractivity contribution is 7.99. The lowest BCUT2D eigenvalue weighted by Crippen LogP contribution is -1.90. The minimum atomic E-state index is 0.825. The van der Waals surface area contributed by atoms with Crippen molar-refractivity contribution in [2.75, 3.05) is 0 Å². The third-order valence-corrected chi connectivity index (χ3v) is 3.97. The van der Waals surface area contributed by atoms with E-state index in [1.165, 1.54) is 11.8 Å². The normalized spacial score (nSPS) is 11.1. The van der Waals surface area contributed by atoms with Gasteiger partial charge in [-0.2, -0.15) is 0 Å². The van der Waals surface area contributed by atoms with Gasteiger partial charge >= 0.3 is 0 Å². The molecule has 16 heavy (non-hydrogen) atoms. The molecule has 3 aromatic heterocycles. The highest BCUT2D eigenvalue weighted by atomic mass is 32.2. The molecule has 7 heteroatoms. The Bertz CT molecular complexity index is 629. The average Bonchev–Trinajstić information content (AvgIpc) is 2.89. The van der Waals surface area contributed by atoms with Crippen LogP contribution in [0.5, 0.6) is 0 Å². The molecule has 3 heterocycles. The molecule has 5 nitrogen and oxygen atoms in total. The Kier molecular flexibility index (Phi) is 2.33. The predicted octanol–water partition coefficient (Wildman–Crippen LogP) is 1.97. The van der Waals surface area contributed by atoms with Gasteiger partial charge in [0.25, 0.3) is 0 Å². The standard InChI is InChI=1S/C9H7N5S2/c1-14-5-12-13-9(14)16-8-6-2-3-15-7(6)10-4-11-8/h2-5H,1H3. The van der Waals surface area contributed by atoms with Crippen molar-refractivity contribution < 1.29 is 0 Å². The lowest BCUT2D eigenvalue weighted by Gasteiger charge is -2.00. The van der Waals surface area contributed by atoms with Crippen LogP contribution in [0.25, 0.3) is 10.2 Å². The fourth-order valence-corrected chi connectivity index (χ4v) is 2.92. The van der Waals surface area contributed by atoms with Crippen LogP contribution in [0.15, 0.2) is 34.3 Å². The molecule has 0 saturated carbocycles. The van der Waals surface area contributed by atoms with Gasteiger partial charge in [0.15, 0.2) is 5.16 Å². The van der Waals surface area contributed by atoms with Crippen molar-refractivity contribution >= 4 is 33.3 Å². The summed E-state index contributed by atoms with van der Waals surface area (Å²) in [5.41, 5.74) is 0. The summed E-state index contributed by atoms with van der Waals surface area (Å²) in [7, 11) is 1.91. The zero-order valence-corrected chi connectivity index (χ0v) is 9.99. The molecule has 3 aromatic rings. The highest BCUT2D eigenvalue weighted by Crippen LogP contribution is 2.31. The van der Waals surface area contributed by atoms with Gasteiger partial charge in [-0.15, -0.1) is 21.5 Å². The molecule has 0 saturated heterocycles. The maximum absolute atomic E-state index is 4.27. The first-order chi connectivity index (χ1) is 7.84. The van der Waals surface area contributed by atoms with E-state index >= 15 is 0 Å². The van der Waals surface area contributed by atoms with Crippen molar-refractivity contribution in [2.24, 2.45) is 7.05 Å². The Morgan fingerprint density at radius 2 is 2.31 bits per heavy atom. The predicted molar refractivity (Wildman–Crippen MR) is 62.5 cm³/mol. The van der Waals surface area contributed by atoms with Crippen LogP contribution in [0.1, 0.15) is 0 Å². The number of rotatable bonds is 2.